The molecule has 1 saturated heterocycles. The normalized spacial score (nSPS) is 14.7. The second-order valence-corrected chi connectivity index (χ2v) is 9.86. The zero-order valence-electron chi connectivity index (χ0n) is 19.4. The molecule has 0 saturated carbocycles. The van der Waals surface area contributed by atoms with Crippen LogP contribution in [0, 0.1) is 0 Å². The van der Waals surface area contributed by atoms with Crippen LogP contribution < -0.4 is 16.0 Å². The van der Waals surface area contributed by atoms with Crippen molar-refractivity contribution in [2.45, 2.75) is 32.6 Å². The van der Waals surface area contributed by atoms with Crippen molar-refractivity contribution in [3.05, 3.63) is 74.8 Å². The fourth-order valence-electron chi connectivity index (χ4n) is 5.52. The van der Waals surface area contributed by atoms with Crippen LogP contribution in [-0.2, 0) is 12.8 Å². The summed E-state index contributed by atoms with van der Waals surface area (Å²) in [5.41, 5.74) is 15.5. The Morgan fingerprint density at radius 3 is 2.50 bits per heavy atom. The molecule has 1 aliphatic carbocycles. The van der Waals surface area contributed by atoms with Crippen molar-refractivity contribution in [3.63, 3.8) is 0 Å². The Hall–Kier alpha value is -2.53. The number of fused-ring (bicyclic) bond motifs is 3. The van der Waals surface area contributed by atoms with Gasteiger partial charge in [-0.15, -0.1) is 0 Å². The number of benzene rings is 3. The molecule has 0 unspecified atom stereocenters. The average molecular weight is 494 g/mol. The molecule has 0 bridgehead atoms. The summed E-state index contributed by atoms with van der Waals surface area (Å²) in [5.74, 6) is -0.377. The van der Waals surface area contributed by atoms with Crippen molar-refractivity contribution >= 4 is 34.8 Å². The number of nitrogens with two attached hydrogens (primary N) is 1. The van der Waals surface area contributed by atoms with E-state index in [2.05, 4.69) is 41.4 Å². The van der Waals surface area contributed by atoms with Crippen molar-refractivity contribution in [3.8, 4) is 22.3 Å². The molecule has 3 aromatic rings. The van der Waals surface area contributed by atoms with Crippen molar-refractivity contribution in [1.29, 1.82) is 0 Å². The maximum absolute atomic E-state index is 13.2. The summed E-state index contributed by atoms with van der Waals surface area (Å²) in [6, 6.07) is 14.2. The van der Waals surface area contributed by atoms with Gasteiger partial charge < -0.3 is 16.0 Å². The minimum absolute atomic E-state index is 0.377. The fraction of sp³-hybridized carbons (Fsp3) is 0.321. The molecule has 1 heterocycles. The van der Waals surface area contributed by atoms with Crippen LogP contribution in [0.15, 0.2) is 42.5 Å². The van der Waals surface area contributed by atoms with E-state index in [-0.39, 0.29) is 5.91 Å². The van der Waals surface area contributed by atoms with E-state index in [9.17, 15) is 4.79 Å². The maximum Gasteiger partial charge on any atom is 0.251 e. The molecule has 0 aromatic heterocycles. The number of unbranched alkanes of at least 4 members (excludes halogenated alkanes) is 1. The molecule has 0 atom stereocenters. The molecule has 5 rings (SSSR count). The van der Waals surface area contributed by atoms with E-state index in [1.807, 2.05) is 12.1 Å². The van der Waals surface area contributed by atoms with Crippen LogP contribution in [0.1, 0.15) is 46.8 Å². The van der Waals surface area contributed by atoms with Gasteiger partial charge in [0.1, 0.15) is 0 Å². The predicted molar refractivity (Wildman–Crippen MR) is 142 cm³/mol. The highest BCUT2D eigenvalue weighted by molar-refractivity contribution is 6.44. The van der Waals surface area contributed by atoms with Crippen molar-refractivity contribution < 1.29 is 4.79 Å². The first-order valence-corrected chi connectivity index (χ1v) is 12.8. The van der Waals surface area contributed by atoms with Crippen LogP contribution >= 0.6 is 23.2 Å². The summed E-state index contributed by atoms with van der Waals surface area (Å²) in [6.07, 6.45) is 3.48. The highest BCUT2D eigenvalue weighted by Crippen LogP contribution is 2.52. The molecule has 1 aliphatic heterocycles. The van der Waals surface area contributed by atoms with E-state index in [4.69, 9.17) is 28.9 Å². The SMILES string of the molecule is CCCCc1c(C(N)=O)c(N2CCNCC2)c2c(c1-c1cccc(Cl)c1Cl)-c1ccccc1C2. The van der Waals surface area contributed by atoms with Crippen LogP contribution in [0.5, 0.6) is 0 Å². The van der Waals surface area contributed by atoms with Gasteiger partial charge in [0.15, 0.2) is 0 Å². The summed E-state index contributed by atoms with van der Waals surface area (Å²) in [4.78, 5) is 15.5. The third kappa shape index (κ3) is 3.88. The van der Waals surface area contributed by atoms with Gasteiger partial charge in [-0.1, -0.05) is 72.9 Å². The van der Waals surface area contributed by atoms with Gasteiger partial charge in [0.05, 0.1) is 21.3 Å². The lowest BCUT2D eigenvalue weighted by Gasteiger charge is -2.34. The van der Waals surface area contributed by atoms with Crippen LogP contribution in [0.25, 0.3) is 22.3 Å². The molecule has 6 heteroatoms. The lowest BCUT2D eigenvalue weighted by atomic mass is 9.83. The second-order valence-electron chi connectivity index (χ2n) is 9.07. The van der Waals surface area contributed by atoms with E-state index >= 15 is 0 Å². The number of halogens is 2. The highest BCUT2D eigenvalue weighted by Gasteiger charge is 2.34. The Bertz CT molecular complexity index is 1260. The first-order valence-electron chi connectivity index (χ1n) is 12.0. The smallest absolute Gasteiger partial charge is 0.251 e. The monoisotopic (exact) mass is 493 g/mol. The van der Waals surface area contributed by atoms with Gasteiger partial charge in [-0.05, 0) is 52.3 Å². The van der Waals surface area contributed by atoms with Crippen LogP contribution in [0.3, 0.4) is 0 Å². The second kappa shape index (κ2) is 9.61. The number of carbonyl (C=O) groups is 1. The molecule has 1 amide bonds. The van der Waals surface area contributed by atoms with Crippen LogP contribution in [-0.4, -0.2) is 32.1 Å². The number of anilines is 1. The van der Waals surface area contributed by atoms with E-state index in [1.165, 1.54) is 22.3 Å². The van der Waals surface area contributed by atoms with Gasteiger partial charge in [0, 0.05) is 38.2 Å². The lowest BCUT2D eigenvalue weighted by molar-refractivity contribution is 0.0999. The van der Waals surface area contributed by atoms with E-state index in [1.54, 1.807) is 6.07 Å². The maximum atomic E-state index is 13.2. The van der Waals surface area contributed by atoms with Gasteiger partial charge in [-0.2, -0.15) is 0 Å². The lowest BCUT2D eigenvalue weighted by Crippen LogP contribution is -2.45. The van der Waals surface area contributed by atoms with Gasteiger partial charge >= 0.3 is 0 Å². The molecular weight excluding hydrogens is 465 g/mol. The van der Waals surface area contributed by atoms with Gasteiger partial charge in [0.2, 0.25) is 0 Å². The number of carbonyl (C=O) groups excluding carboxylic acids is 1. The molecular formula is C28H29Cl2N3O. The van der Waals surface area contributed by atoms with E-state index < -0.39 is 0 Å². The Morgan fingerprint density at radius 2 is 1.76 bits per heavy atom. The first-order chi connectivity index (χ1) is 16.5. The molecule has 4 nitrogen and oxygen atoms in total. The molecule has 0 spiro atoms. The number of piperazine rings is 1. The zero-order chi connectivity index (χ0) is 23.8. The zero-order valence-corrected chi connectivity index (χ0v) is 20.9. The number of nitrogens with zero attached hydrogens (tertiary/aromatic N) is 1. The molecule has 176 valence electrons. The number of rotatable bonds is 6. The summed E-state index contributed by atoms with van der Waals surface area (Å²) < 4.78 is 0. The van der Waals surface area contributed by atoms with Crippen LogP contribution in [0.2, 0.25) is 10.0 Å². The molecule has 2 aliphatic rings. The standard InChI is InChI=1S/C28H29Cl2N3O/c1-2-3-8-19-24(20-10-6-11-22(29)26(20)30)23-18-9-5-4-7-17(18)16-21(23)27(25(19)28(31)34)33-14-12-32-13-15-33/h4-7,9-11,32H,2-3,8,12-16H2,1H3,(H2,31,34). The predicted octanol–water partition coefficient (Wildman–Crippen LogP) is 6.08. The summed E-state index contributed by atoms with van der Waals surface area (Å²) in [7, 11) is 0. The van der Waals surface area contributed by atoms with Crippen molar-refractivity contribution in [2.75, 3.05) is 31.1 Å². The third-order valence-electron chi connectivity index (χ3n) is 7.01. The van der Waals surface area contributed by atoms with Gasteiger partial charge in [-0.25, -0.2) is 0 Å². The van der Waals surface area contributed by atoms with Crippen molar-refractivity contribution in [1.82, 2.24) is 5.32 Å². The Balaban J connectivity index is 1.93. The van der Waals surface area contributed by atoms with Gasteiger partial charge in [0.25, 0.3) is 5.91 Å². The van der Waals surface area contributed by atoms with E-state index in [0.717, 1.165) is 74.2 Å². The van der Waals surface area contributed by atoms with Gasteiger partial charge in [-0.3, -0.25) is 4.79 Å². The average Bonchev–Trinajstić information content (AvgIpc) is 3.23. The van der Waals surface area contributed by atoms with Crippen molar-refractivity contribution in [2.24, 2.45) is 5.73 Å². The quantitative estimate of drug-likeness (QED) is 0.342. The fourth-order valence-corrected chi connectivity index (χ4v) is 5.91. The Labute approximate surface area is 211 Å². The minimum atomic E-state index is -0.377. The minimum Gasteiger partial charge on any atom is -0.368 e. The molecule has 1 fully saturated rings. The largest absolute Gasteiger partial charge is 0.368 e. The summed E-state index contributed by atoms with van der Waals surface area (Å²) in [6.45, 7) is 5.61. The third-order valence-corrected chi connectivity index (χ3v) is 7.83. The topological polar surface area (TPSA) is 58.4 Å². The number of primary amides is 1. The summed E-state index contributed by atoms with van der Waals surface area (Å²) >= 11 is 13.3. The number of hydrogen-bond acceptors (Lipinski definition) is 3. The first kappa shape index (κ1) is 23.2. The molecule has 3 aromatic carbocycles. The van der Waals surface area contributed by atoms with Crippen LogP contribution in [0.4, 0.5) is 5.69 Å². The Kier molecular flexibility index (Phi) is 6.57. The van der Waals surface area contributed by atoms with E-state index in [0.29, 0.717) is 15.6 Å². The molecule has 34 heavy (non-hydrogen) atoms. The molecule has 3 N–H and O–H groups in total. The molecule has 0 radical (unpaired) electrons. The highest BCUT2D eigenvalue weighted by atomic mass is 35.5. The Morgan fingerprint density at radius 1 is 1.03 bits per heavy atom. The number of nitrogens with one attached hydrogen (secondary N) is 1. The number of hydrogen-bond donors (Lipinski definition) is 2. The number of amides is 1. The summed E-state index contributed by atoms with van der Waals surface area (Å²) in [5, 5.41) is 4.45.